The minimum atomic E-state index is -0.369. The van der Waals surface area contributed by atoms with E-state index in [1.165, 1.54) is 30.0 Å². The predicted molar refractivity (Wildman–Crippen MR) is 82.2 cm³/mol. The molecule has 1 aliphatic rings. The maximum Gasteiger partial charge on any atom is 0.334 e. The molecule has 0 saturated heterocycles. The highest BCUT2D eigenvalue weighted by atomic mass is 79.9. The Labute approximate surface area is 128 Å². The first kappa shape index (κ1) is 15.1. The minimum absolute atomic E-state index is 0.367. The number of alkyl halides is 1. The number of esters is 1. The maximum absolute atomic E-state index is 11.5. The van der Waals surface area contributed by atoms with Crippen LogP contribution in [0.3, 0.4) is 0 Å². The highest BCUT2D eigenvalue weighted by molar-refractivity contribution is 9.09. The van der Waals surface area contributed by atoms with E-state index in [9.17, 15) is 4.79 Å². The Morgan fingerprint density at radius 3 is 2.90 bits per heavy atom. The van der Waals surface area contributed by atoms with Gasteiger partial charge < -0.3 is 9.47 Å². The van der Waals surface area contributed by atoms with Gasteiger partial charge in [-0.25, -0.2) is 4.79 Å². The molecule has 0 fully saturated rings. The fourth-order valence-corrected chi connectivity index (χ4v) is 2.67. The number of benzene rings is 1. The van der Waals surface area contributed by atoms with Gasteiger partial charge in [0.25, 0.3) is 0 Å². The standard InChI is InChI=1S/C16H19BrO3/c1-2-19-16(18)10-13(11-17)20-15-9-5-7-12-6-3-4-8-14(12)15/h5,7,9-10H,2-4,6,8,11H2,1H3/b13-10-. The minimum Gasteiger partial charge on any atom is -0.463 e. The van der Waals surface area contributed by atoms with Crippen molar-refractivity contribution in [3.8, 4) is 5.75 Å². The molecule has 1 aromatic carbocycles. The van der Waals surface area contributed by atoms with Gasteiger partial charge in [-0.2, -0.15) is 0 Å². The van der Waals surface area contributed by atoms with Crippen LogP contribution in [-0.4, -0.2) is 17.9 Å². The third-order valence-corrected chi connectivity index (χ3v) is 3.84. The highest BCUT2D eigenvalue weighted by Crippen LogP contribution is 2.30. The summed E-state index contributed by atoms with van der Waals surface area (Å²) in [5, 5.41) is 0.482. The fraction of sp³-hybridized carbons (Fsp3) is 0.438. The van der Waals surface area contributed by atoms with Crippen LogP contribution in [0.15, 0.2) is 30.0 Å². The van der Waals surface area contributed by atoms with Gasteiger partial charge in [0, 0.05) is 0 Å². The van der Waals surface area contributed by atoms with Crippen LogP contribution in [0.4, 0.5) is 0 Å². The number of rotatable bonds is 5. The highest BCUT2D eigenvalue weighted by Gasteiger charge is 2.15. The quantitative estimate of drug-likeness (QED) is 0.354. The van der Waals surface area contributed by atoms with E-state index in [0.29, 0.717) is 17.7 Å². The Morgan fingerprint density at radius 2 is 2.15 bits per heavy atom. The molecule has 1 aliphatic carbocycles. The molecule has 0 aromatic heterocycles. The van der Waals surface area contributed by atoms with Crippen LogP contribution in [0.1, 0.15) is 30.9 Å². The van der Waals surface area contributed by atoms with Gasteiger partial charge in [-0.15, -0.1) is 0 Å². The van der Waals surface area contributed by atoms with E-state index in [2.05, 4.69) is 22.0 Å². The van der Waals surface area contributed by atoms with Crippen molar-refractivity contribution in [2.75, 3.05) is 11.9 Å². The summed E-state index contributed by atoms with van der Waals surface area (Å²) in [5.41, 5.74) is 2.63. The molecule has 0 heterocycles. The Hall–Kier alpha value is -1.29. The summed E-state index contributed by atoms with van der Waals surface area (Å²) in [6.45, 7) is 2.15. The Balaban J connectivity index is 2.17. The van der Waals surface area contributed by atoms with E-state index in [0.717, 1.165) is 18.6 Å². The van der Waals surface area contributed by atoms with Crippen LogP contribution in [0.2, 0.25) is 0 Å². The van der Waals surface area contributed by atoms with Crippen LogP contribution in [0.25, 0.3) is 0 Å². The molecule has 0 saturated carbocycles. The molecule has 20 heavy (non-hydrogen) atoms. The Morgan fingerprint density at radius 1 is 1.35 bits per heavy atom. The zero-order valence-corrected chi connectivity index (χ0v) is 13.2. The van der Waals surface area contributed by atoms with E-state index < -0.39 is 0 Å². The number of halogens is 1. The van der Waals surface area contributed by atoms with Crippen LogP contribution in [0.5, 0.6) is 5.75 Å². The molecule has 0 radical (unpaired) electrons. The molecule has 0 aliphatic heterocycles. The summed E-state index contributed by atoms with van der Waals surface area (Å²) in [6.07, 6.45) is 5.98. The van der Waals surface area contributed by atoms with E-state index in [4.69, 9.17) is 9.47 Å². The van der Waals surface area contributed by atoms with Crippen LogP contribution >= 0.6 is 15.9 Å². The maximum atomic E-state index is 11.5. The van der Waals surface area contributed by atoms with Crippen molar-refractivity contribution in [2.24, 2.45) is 0 Å². The first-order chi connectivity index (χ1) is 9.74. The molecule has 4 heteroatoms. The SMILES string of the molecule is CCOC(=O)/C=C(/CBr)Oc1cccc2c1CCCC2. The summed E-state index contributed by atoms with van der Waals surface area (Å²) >= 11 is 3.35. The van der Waals surface area contributed by atoms with Crippen molar-refractivity contribution in [2.45, 2.75) is 32.6 Å². The molecule has 0 unspecified atom stereocenters. The molecule has 0 bridgehead atoms. The van der Waals surface area contributed by atoms with Crippen molar-refractivity contribution in [3.05, 3.63) is 41.2 Å². The van der Waals surface area contributed by atoms with E-state index in [-0.39, 0.29) is 5.97 Å². The lowest BCUT2D eigenvalue weighted by atomic mass is 9.91. The average molecular weight is 339 g/mol. The van der Waals surface area contributed by atoms with Gasteiger partial charge in [-0.3, -0.25) is 0 Å². The van der Waals surface area contributed by atoms with Crippen LogP contribution in [-0.2, 0) is 22.4 Å². The summed E-state index contributed by atoms with van der Waals surface area (Å²) in [4.78, 5) is 11.5. The lowest BCUT2D eigenvalue weighted by Gasteiger charge is -2.19. The molecular formula is C16H19BrO3. The fourth-order valence-electron chi connectivity index (χ4n) is 2.39. The molecule has 2 rings (SSSR count). The van der Waals surface area contributed by atoms with Crippen LogP contribution < -0.4 is 4.74 Å². The molecular weight excluding hydrogens is 320 g/mol. The zero-order chi connectivity index (χ0) is 14.4. The smallest absolute Gasteiger partial charge is 0.334 e. The summed E-state index contributed by atoms with van der Waals surface area (Å²) in [6, 6.07) is 6.13. The van der Waals surface area contributed by atoms with Crippen LogP contribution in [0, 0.1) is 0 Å². The number of hydrogen-bond donors (Lipinski definition) is 0. The number of ether oxygens (including phenoxy) is 2. The molecule has 0 spiro atoms. The van der Waals surface area contributed by atoms with E-state index >= 15 is 0 Å². The van der Waals surface area contributed by atoms with Crippen molar-refractivity contribution >= 4 is 21.9 Å². The van der Waals surface area contributed by atoms with Crippen molar-refractivity contribution in [3.63, 3.8) is 0 Å². The molecule has 1 aromatic rings. The van der Waals surface area contributed by atoms with Gasteiger partial charge in [-0.1, -0.05) is 28.1 Å². The van der Waals surface area contributed by atoms with Gasteiger partial charge in [0.05, 0.1) is 18.0 Å². The number of aryl methyl sites for hydroxylation is 1. The molecule has 108 valence electrons. The second-order valence-corrected chi connectivity index (χ2v) is 5.26. The van der Waals surface area contributed by atoms with Crippen molar-refractivity contribution in [1.82, 2.24) is 0 Å². The average Bonchev–Trinajstić information content (AvgIpc) is 2.47. The third kappa shape index (κ3) is 3.85. The monoisotopic (exact) mass is 338 g/mol. The second-order valence-electron chi connectivity index (χ2n) is 4.70. The topological polar surface area (TPSA) is 35.5 Å². The number of carbonyl (C=O) groups excluding carboxylic acids is 1. The number of fused-ring (bicyclic) bond motifs is 1. The summed E-state index contributed by atoms with van der Waals surface area (Å²) in [7, 11) is 0. The number of hydrogen-bond acceptors (Lipinski definition) is 3. The van der Waals surface area contributed by atoms with E-state index in [1.807, 2.05) is 12.1 Å². The molecule has 3 nitrogen and oxygen atoms in total. The van der Waals surface area contributed by atoms with Crippen molar-refractivity contribution in [1.29, 1.82) is 0 Å². The molecule has 0 amide bonds. The lowest BCUT2D eigenvalue weighted by Crippen LogP contribution is -2.09. The first-order valence-electron chi connectivity index (χ1n) is 6.96. The van der Waals surface area contributed by atoms with E-state index in [1.54, 1.807) is 6.92 Å². The number of carbonyl (C=O) groups is 1. The third-order valence-electron chi connectivity index (χ3n) is 3.29. The van der Waals surface area contributed by atoms with Gasteiger partial charge >= 0.3 is 5.97 Å². The second kappa shape index (κ2) is 7.48. The predicted octanol–water partition coefficient (Wildman–Crippen LogP) is 3.79. The summed E-state index contributed by atoms with van der Waals surface area (Å²) < 4.78 is 10.8. The molecule has 0 N–H and O–H groups in total. The first-order valence-corrected chi connectivity index (χ1v) is 8.08. The van der Waals surface area contributed by atoms with Crippen molar-refractivity contribution < 1.29 is 14.3 Å². The summed E-state index contributed by atoms with van der Waals surface area (Å²) in [5.74, 6) is 1.06. The van der Waals surface area contributed by atoms with Gasteiger partial charge in [0.2, 0.25) is 0 Å². The largest absolute Gasteiger partial charge is 0.463 e. The molecule has 0 atom stereocenters. The van der Waals surface area contributed by atoms with Gasteiger partial charge in [-0.05, 0) is 49.8 Å². The Bertz CT molecular complexity index is 508. The van der Waals surface area contributed by atoms with Gasteiger partial charge in [0.1, 0.15) is 11.5 Å². The number of allylic oxidation sites excluding steroid dienone is 1. The lowest BCUT2D eigenvalue weighted by molar-refractivity contribution is -0.137. The Kier molecular flexibility index (Phi) is 5.65. The zero-order valence-electron chi connectivity index (χ0n) is 11.7. The van der Waals surface area contributed by atoms with Gasteiger partial charge in [0.15, 0.2) is 0 Å². The normalized spacial score (nSPS) is 14.6.